The first-order valence-corrected chi connectivity index (χ1v) is 10.5. The fourth-order valence-electron chi connectivity index (χ4n) is 3.20. The van der Waals surface area contributed by atoms with Gasteiger partial charge in [0.05, 0.1) is 11.3 Å². The third-order valence-electron chi connectivity index (χ3n) is 4.67. The van der Waals surface area contributed by atoms with Crippen LogP contribution in [0, 0.1) is 0 Å². The zero-order chi connectivity index (χ0) is 21.6. The van der Waals surface area contributed by atoms with Crippen molar-refractivity contribution in [3.63, 3.8) is 0 Å². The Morgan fingerprint density at radius 1 is 0.774 bits per heavy atom. The molecule has 1 aromatic heterocycles. The highest BCUT2D eigenvalue weighted by molar-refractivity contribution is 7.12. The highest BCUT2D eigenvalue weighted by atomic mass is 32.1. The normalized spacial score (nSPS) is 10.5. The van der Waals surface area contributed by atoms with E-state index in [2.05, 4.69) is 16.2 Å². The maximum Gasteiger partial charge on any atom is 0.269 e. The Morgan fingerprint density at radius 3 is 2.42 bits per heavy atom. The van der Waals surface area contributed by atoms with E-state index in [1.807, 2.05) is 47.8 Å². The fraction of sp³-hybridized carbons (Fsp3) is 0.0417. The summed E-state index contributed by atoms with van der Waals surface area (Å²) in [5.41, 5.74) is 6.56. The number of hydrazine groups is 1. The SMILES string of the molecule is O=C(Cc1cccc2ccccc12)NNC(=O)c1cccc(NC(=O)c2cccs2)c1. The van der Waals surface area contributed by atoms with Crippen LogP contribution in [0.1, 0.15) is 25.6 Å². The molecule has 7 heteroatoms. The molecule has 4 aromatic rings. The van der Waals surface area contributed by atoms with Crippen molar-refractivity contribution in [2.75, 3.05) is 5.32 Å². The summed E-state index contributed by atoms with van der Waals surface area (Å²) in [5.74, 6) is -1.04. The summed E-state index contributed by atoms with van der Waals surface area (Å²) < 4.78 is 0. The molecule has 0 atom stereocenters. The van der Waals surface area contributed by atoms with Crippen molar-refractivity contribution >= 4 is 45.5 Å². The number of thiophene rings is 1. The van der Waals surface area contributed by atoms with Gasteiger partial charge in [0.1, 0.15) is 0 Å². The van der Waals surface area contributed by atoms with Crippen molar-refractivity contribution in [3.8, 4) is 0 Å². The van der Waals surface area contributed by atoms with Crippen molar-refractivity contribution in [2.24, 2.45) is 0 Å². The predicted octanol–water partition coefficient (Wildman–Crippen LogP) is 4.16. The number of nitrogens with one attached hydrogen (secondary N) is 3. The zero-order valence-corrected chi connectivity index (χ0v) is 17.2. The van der Waals surface area contributed by atoms with Gasteiger partial charge < -0.3 is 5.32 Å². The molecule has 0 aliphatic carbocycles. The summed E-state index contributed by atoms with van der Waals surface area (Å²) >= 11 is 1.33. The molecule has 0 radical (unpaired) electrons. The number of benzene rings is 3. The molecule has 0 unspecified atom stereocenters. The van der Waals surface area contributed by atoms with E-state index in [9.17, 15) is 14.4 Å². The van der Waals surface area contributed by atoms with E-state index in [-0.39, 0.29) is 18.2 Å². The minimum atomic E-state index is -0.474. The fourth-order valence-corrected chi connectivity index (χ4v) is 3.82. The molecule has 0 saturated heterocycles. The smallest absolute Gasteiger partial charge is 0.269 e. The van der Waals surface area contributed by atoms with Crippen LogP contribution in [0.25, 0.3) is 10.8 Å². The highest BCUT2D eigenvalue weighted by Gasteiger charge is 2.12. The Balaban J connectivity index is 1.36. The van der Waals surface area contributed by atoms with Gasteiger partial charge in [0.15, 0.2) is 0 Å². The van der Waals surface area contributed by atoms with Crippen LogP contribution in [0.15, 0.2) is 84.2 Å². The summed E-state index contributed by atoms with van der Waals surface area (Å²) in [7, 11) is 0. The number of anilines is 1. The van der Waals surface area contributed by atoms with Gasteiger partial charge in [0, 0.05) is 11.3 Å². The van der Waals surface area contributed by atoms with Crippen LogP contribution in [0.4, 0.5) is 5.69 Å². The minimum Gasteiger partial charge on any atom is -0.321 e. The summed E-state index contributed by atoms with van der Waals surface area (Å²) in [4.78, 5) is 37.6. The summed E-state index contributed by atoms with van der Waals surface area (Å²) in [6.07, 6.45) is 0.137. The molecule has 154 valence electrons. The van der Waals surface area contributed by atoms with Crippen molar-refractivity contribution in [3.05, 3.63) is 100 Å². The van der Waals surface area contributed by atoms with Crippen LogP contribution in [0.3, 0.4) is 0 Å². The molecule has 0 spiro atoms. The molecule has 0 saturated carbocycles. The van der Waals surface area contributed by atoms with Gasteiger partial charge in [-0.2, -0.15) is 0 Å². The largest absolute Gasteiger partial charge is 0.321 e. The molecule has 4 rings (SSSR count). The van der Waals surface area contributed by atoms with Gasteiger partial charge in [0.25, 0.3) is 11.8 Å². The lowest BCUT2D eigenvalue weighted by Crippen LogP contribution is -2.42. The zero-order valence-electron chi connectivity index (χ0n) is 16.4. The van der Waals surface area contributed by atoms with Gasteiger partial charge >= 0.3 is 0 Å². The monoisotopic (exact) mass is 429 g/mol. The summed E-state index contributed by atoms with van der Waals surface area (Å²) in [6, 6.07) is 23.6. The third-order valence-corrected chi connectivity index (χ3v) is 5.54. The molecule has 6 nitrogen and oxygen atoms in total. The molecule has 3 aromatic carbocycles. The lowest BCUT2D eigenvalue weighted by atomic mass is 10.0. The number of rotatable bonds is 5. The first-order valence-electron chi connectivity index (χ1n) is 9.61. The van der Waals surface area contributed by atoms with Crippen LogP contribution >= 0.6 is 11.3 Å². The van der Waals surface area contributed by atoms with E-state index in [4.69, 9.17) is 0 Å². The van der Waals surface area contributed by atoms with Crippen molar-refractivity contribution in [1.29, 1.82) is 0 Å². The Hall–Kier alpha value is -3.97. The van der Waals surface area contributed by atoms with E-state index < -0.39 is 5.91 Å². The van der Waals surface area contributed by atoms with Crippen molar-refractivity contribution in [1.82, 2.24) is 10.9 Å². The maximum atomic E-state index is 12.4. The molecule has 3 amide bonds. The van der Waals surface area contributed by atoms with Crippen LogP contribution in [-0.2, 0) is 11.2 Å². The van der Waals surface area contributed by atoms with Gasteiger partial charge in [-0.05, 0) is 46.0 Å². The first kappa shape index (κ1) is 20.3. The maximum absolute atomic E-state index is 12.4. The van der Waals surface area contributed by atoms with Gasteiger partial charge in [0.2, 0.25) is 5.91 Å². The van der Waals surface area contributed by atoms with Crippen molar-refractivity contribution < 1.29 is 14.4 Å². The van der Waals surface area contributed by atoms with E-state index in [1.54, 1.807) is 36.4 Å². The van der Waals surface area contributed by atoms with Crippen LogP contribution < -0.4 is 16.2 Å². The molecular formula is C24H19N3O3S. The quantitative estimate of drug-likeness (QED) is 0.417. The Labute approximate surface area is 182 Å². The number of fused-ring (bicyclic) bond motifs is 1. The molecular weight excluding hydrogens is 410 g/mol. The molecule has 0 fully saturated rings. The number of amides is 3. The van der Waals surface area contributed by atoms with E-state index in [0.717, 1.165) is 16.3 Å². The second-order valence-corrected chi connectivity index (χ2v) is 7.78. The standard InChI is InChI=1S/C24H19N3O3S/c28-22(15-17-8-3-7-16-6-1-2-11-20(16)17)26-27-23(29)18-9-4-10-19(14-18)25-24(30)21-12-5-13-31-21/h1-14H,15H2,(H,25,30)(H,26,28)(H,27,29). The lowest BCUT2D eigenvalue weighted by molar-refractivity contribution is -0.121. The second kappa shape index (κ2) is 9.23. The number of carbonyl (C=O) groups is 3. The average Bonchev–Trinajstić information content (AvgIpc) is 3.33. The molecule has 3 N–H and O–H groups in total. The van der Waals surface area contributed by atoms with Gasteiger partial charge in [-0.25, -0.2) is 0 Å². The number of carbonyl (C=O) groups excluding carboxylic acids is 3. The summed E-state index contributed by atoms with van der Waals surface area (Å²) in [6.45, 7) is 0. The van der Waals surface area contributed by atoms with E-state index in [0.29, 0.717) is 16.1 Å². The Kier molecular flexibility index (Phi) is 6.05. The van der Waals surface area contributed by atoms with Crippen LogP contribution in [0.2, 0.25) is 0 Å². The predicted molar refractivity (Wildman–Crippen MR) is 122 cm³/mol. The lowest BCUT2D eigenvalue weighted by Gasteiger charge is -2.10. The topological polar surface area (TPSA) is 87.3 Å². The van der Waals surface area contributed by atoms with E-state index >= 15 is 0 Å². The Bertz CT molecular complexity index is 1250. The minimum absolute atomic E-state index is 0.137. The molecule has 0 bridgehead atoms. The highest BCUT2D eigenvalue weighted by Crippen LogP contribution is 2.19. The number of hydrogen-bond acceptors (Lipinski definition) is 4. The molecule has 31 heavy (non-hydrogen) atoms. The van der Waals surface area contributed by atoms with Crippen LogP contribution in [-0.4, -0.2) is 17.7 Å². The van der Waals surface area contributed by atoms with Gasteiger partial charge in [-0.3, -0.25) is 25.2 Å². The third kappa shape index (κ3) is 4.96. The van der Waals surface area contributed by atoms with Crippen LogP contribution in [0.5, 0.6) is 0 Å². The average molecular weight is 430 g/mol. The van der Waals surface area contributed by atoms with E-state index in [1.165, 1.54) is 11.3 Å². The Morgan fingerprint density at radius 2 is 1.58 bits per heavy atom. The molecule has 0 aliphatic heterocycles. The van der Waals surface area contributed by atoms with Gasteiger partial charge in [-0.1, -0.05) is 54.6 Å². The summed E-state index contributed by atoms with van der Waals surface area (Å²) in [5, 5.41) is 6.63. The second-order valence-electron chi connectivity index (χ2n) is 6.83. The first-order chi connectivity index (χ1) is 15.1. The van der Waals surface area contributed by atoms with Gasteiger partial charge in [-0.15, -0.1) is 11.3 Å². The number of hydrogen-bond donors (Lipinski definition) is 3. The molecule has 0 aliphatic rings. The van der Waals surface area contributed by atoms with Crippen molar-refractivity contribution in [2.45, 2.75) is 6.42 Å². The molecule has 1 heterocycles.